The molecule has 0 bridgehead atoms. The van der Waals surface area contributed by atoms with E-state index >= 15 is 0 Å². The van der Waals surface area contributed by atoms with Gasteiger partial charge in [-0.15, -0.1) is 0 Å². The van der Waals surface area contributed by atoms with Crippen molar-refractivity contribution in [2.75, 3.05) is 5.32 Å². The molecule has 2 aromatic rings. The summed E-state index contributed by atoms with van der Waals surface area (Å²) >= 11 is 3.40. The zero-order valence-electron chi connectivity index (χ0n) is 11.0. The molecule has 0 aliphatic heterocycles. The van der Waals surface area contributed by atoms with Gasteiger partial charge in [-0.25, -0.2) is 9.37 Å². The molecular formula is C15H16BrFN2. The molecule has 0 saturated carbocycles. The molecule has 0 saturated heterocycles. The normalized spacial score (nSPS) is 12.2. The second-order valence-electron chi connectivity index (χ2n) is 4.70. The monoisotopic (exact) mass is 322 g/mol. The van der Waals surface area contributed by atoms with E-state index in [9.17, 15) is 4.39 Å². The Morgan fingerprint density at radius 2 is 2.00 bits per heavy atom. The maximum atomic E-state index is 12.8. The van der Waals surface area contributed by atoms with E-state index in [0.29, 0.717) is 0 Å². The van der Waals surface area contributed by atoms with Gasteiger partial charge >= 0.3 is 0 Å². The van der Waals surface area contributed by atoms with E-state index in [0.717, 1.165) is 27.8 Å². The minimum absolute atomic E-state index is 0.199. The fourth-order valence-corrected chi connectivity index (χ4v) is 2.40. The van der Waals surface area contributed by atoms with Crippen LogP contribution in [-0.2, 0) is 6.42 Å². The molecule has 1 aromatic heterocycles. The first-order chi connectivity index (χ1) is 9.04. The van der Waals surface area contributed by atoms with Crippen LogP contribution in [0.1, 0.15) is 18.1 Å². The largest absolute Gasteiger partial charge is 0.367 e. The van der Waals surface area contributed by atoms with E-state index in [4.69, 9.17) is 0 Å². The predicted octanol–water partition coefficient (Wildman–Crippen LogP) is 4.33. The van der Waals surface area contributed by atoms with Gasteiger partial charge in [0.15, 0.2) is 0 Å². The molecule has 0 fully saturated rings. The third-order valence-electron chi connectivity index (χ3n) is 2.88. The number of aryl methyl sites for hydroxylation is 1. The highest BCUT2D eigenvalue weighted by Crippen LogP contribution is 2.18. The van der Waals surface area contributed by atoms with Crippen molar-refractivity contribution in [3.63, 3.8) is 0 Å². The Kier molecular flexibility index (Phi) is 4.53. The van der Waals surface area contributed by atoms with Gasteiger partial charge in [-0.1, -0.05) is 12.1 Å². The molecule has 0 radical (unpaired) electrons. The third kappa shape index (κ3) is 4.03. The van der Waals surface area contributed by atoms with Crippen molar-refractivity contribution >= 4 is 21.7 Å². The van der Waals surface area contributed by atoms with Gasteiger partial charge in [0, 0.05) is 16.7 Å². The molecule has 1 aromatic carbocycles. The lowest BCUT2D eigenvalue weighted by molar-refractivity contribution is 0.626. The Morgan fingerprint density at radius 3 is 2.63 bits per heavy atom. The van der Waals surface area contributed by atoms with Crippen molar-refractivity contribution in [3.05, 3.63) is 57.9 Å². The SMILES string of the molecule is Cc1cc(Br)cnc1NC(C)Cc1ccc(F)cc1. The average molecular weight is 323 g/mol. The third-order valence-corrected chi connectivity index (χ3v) is 3.32. The van der Waals surface area contributed by atoms with Crippen LogP contribution in [0.4, 0.5) is 10.2 Å². The highest BCUT2D eigenvalue weighted by molar-refractivity contribution is 9.10. The van der Waals surface area contributed by atoms with Gasteiger partial charge in [0.1, 0.15) is 11.6 Å². The number of hydrogen-bond acceptors (Lipinski definition) is 2. The molecule has 1 atom stereocenters. The summed E-state index contributed by atoms with van der Waals surface area (Å²) in [6.45, 7) is 4.11. The number of benzene rings is 1. The Balaban J connectivity index is 2.01. The minimum Gasteiger partial charge on any atom is -0.367 e. The molecule has 1 heterocycles. The van der Waals surface area contributed by atoms with Crippen molar-refractivity contribution in [2.45, 2.75) is 26.3 Å². The van der Waals surface area contributed by atoms with Gasteiger partial charge in [-0.3, -0.25) is 0 Å². The Morgan fingerprint density at radius 1 is 1.32 bits per heavy atom. The molecule has 1 N–H and O–H groups in total. The average Bonchev–Trinajstić information content (AvgIpc) is 2.36. The van der Waals surface area contributed by atoms with Crippen molar-refractivity contribution in [1.82, 2.24) is 4.98 Å². The van der Waals surface area contributed by atoms with Gasteiger partial charge < -0.3 is 5.32 Å². The van der Waals surface area contributed by atoms with Crippen LogP contribution >= 0.6 is 15.9 Å². The maximum Gasteiger partial charge on any atom is 0.129 e. The number of nitrogens with one attached hydrogen (secondary N) is 1. The zero-order chi connectivity index (χ0) is 13.8. The summed E-state index contributed by atoms with van der Waals surface area (Å²) in [7, 11) is 0. The molecular weight excluding hydrogens is 307 g/mol. The fraction of sp³-hybridized carbons (Fsp3) is 0.267. The van der Waals surface area contributed by atoms with Crippen molar-refractivity contribution in [1.29, 1.82) is 0 Å². The van der Waals surface area contributed by atoms with Crippen LogP contribution in [0.2, 0.25) is 0 Å². The Hall–Kier alpha value is -1.42. The van der Waals surface area contributed by atoms with Crippen molar-refractivity contribution in [3.8, 4) is 0 Å². The summed E-state index contributed by atoms with van der Waals surface area (Å²) in [6, 6.07) is 8.87. The fourth-order valence-electron chi connectivity index (χ4n) is 1.95. The van der Waals surface area contributed by atoms with E-state index in [1.165, 1.54) is 12.1 Å². The number of hydrogen-bond donors (Lipinski definition) is 1. The first-order valence-electron chi connectivity index (χ1n) is 6.17. The number of aromatic nitrogens is 1. The molecule has 2 nitrogen and oxygen atoms in total. The van der Waals surface area contributed by atoms with Gasteiger partial charge in [-0.05, 0) is 65.5 Å². The summed E-state index contributed by atoms with van der Waals surface area (Å²) in [5.74, 6) is 0.688. The molecule has 0 aliphatic carbocycles. The van der Waals surface area contributed by atoms with Crippen LogP contribution in [0.5, 0.6) is 0 Å². The molecule has 0 aliphatic rings. The number of nitrogens with zero attached hydrogens (tertiary/aromatic N) is 1. The first-order valence-corrected chi connectivity index (χ1v) is 6.97. The molecule has 1 unspecified atom stereocenters. The second-order valence-corrected chi connectivity index (χ2v) is 5.61. The van der Waals surface area contributed by atoms with E-state index in [1.54, 1.807) is 6.20 Å². The van der Waals surface area contributed by atoms with Crippen LogP contribution in [0.15, 0.2) is 41.0 Å². The maximum absolute atomic E-state index is 12.8. The quantitative estimate of drug-likeness (QED) is 0.906. The summed E-state index contributed by atoms with van der Waals surface area (Å²) in [6.07, 6.45) is 2.61. The van der Waals surface area contributed by atoms with Gasteiger partial charge in [0.25, 0.3) is 0 Å². The first kappa shape index (κ1) is 14.0. The lowest BCUT2D eigenvalue weighted by Gasteiger charge is -2.16. The number of pyridine rings is 1. The van der Waals surface area contributed by atoms with E-state index < -0.39 is 0 Å². The van der Waals surface area contributed by atoms with Gasteiger partial charge in [-0.2, -0.15) is 0 Å². The van der Waals surface area contributed by atoms with Gasteiger partial charge in [0.05, 0.1) is 0 Å². The van der Waals surface area contributed by atoms with Gasteiger partial charge in [0.2, 0.25) is 0 Å². The molecule has 19 heavy (non-hydrogen) atoms. The van der Waals surface area contributed by atoms with Crippen LogP contribution in [0, 0.1) is 12.7 Å². The number of rotatable bonds is 4. The Bertz CT molecular complexity index is 555. The van der Waals surface area contributed by atoms with Crippen LogP contribution in [0.25, 0.3) is 0 Å². The topological polar surface area (TPSA) is 24.9 Å². The summed E-state index contributed by atoms with van der Waals surface area (Å²) in [5.41, 5.74) is 2.21. The standard InChI is InChI=1S/C15H16BrFN2/c1-10-7-13(16)9-18-15(10)19-11(2)8-12-3-5-14(17)6-4-12/h3-7,9,11H,8H2,1-2H3,(H,18,19). The van der Waals surface area contributed by atoms with Crippen molar-refractivity contribution < 1.29 is 4.39 Å². The summed E-state index contributed by atoms with van der Waals surface area (Å²) in [5, 5.41) is 3.37. The number of halogens is 2. The molecule has 2 rings (SSSR count). The van der Waals surface area contributed by atoms with E-state index in [1.807, 2.05) is 25.1 Å². The lowest BCUT2D eigenvalue weighted by atomic mass is 10.1. The smallest absolute Gasteiger partial charge is 0.129 e. The predicted molar refractivity (Wildman–Crippen MR) is 79.9 cm³/mol. The van der Waals surface area contributed by atoms with Crippen LogP contribution in [0.3, 0.4) is 0 Å². The summed E-state index contributed by atoms with van der Waals surface area (Å²) in [4.78, 5) is 4.36. The Labute approximate surface area is 121 Å². The van der Waals surface area contributed by atoms with Crippen molar-refractivity contribution in [2.24, 2.45) is 0 Å². The highest BCUT2D eigenvalue weighted by atomic mass is 79.9. The molecule has 0 amide bonds. The zero-order valence-corrected chi connectivity index (χ0v) is 12.5. The summed E-state index contributed by atoms with van der Waals surface area (Å²) < 4.78 is 13.8. The minimum atomic E-state index is -0.199. The lowest BCUT2D eigenvalue weighted by Crippen LogP contribution is -2.19. The van der Waals surface area contributed by atoms with E-state index in [2.05, 4.69) is 33.2 Å². The van der Waals surface area contributed by atoms with E-state index in [-0.39, 0.29) is 11.9 Å². The van der Waals surface area contributed by atoms with Crippen LogP contribution < -0.4 is 5.32 Å². The number of anilines is 1. The molecule has 100 valence electrons. The van der Waals surface area contributed by atoms with Crippen LogP contribution in [-0.4, -0.2) is 11.0 Å². The second kappa shape index (κ2) is 6.15. The molecule has 0 spiro atoms. The highest BCUT2D eigenvalue weighted by Gasteiger charge is 2.07. The molecule has 4 heteroatoms.